The molecule has 1 heterocycles. The lowest BCUT2D eigenvalue weighted by molar-refractivity contribution is 0.0773. The summed E-state index contributed by atoms with van der Waals surface area (Å²) in [6.45, 7) is 4.63. The van der Waals surface area contributed by atoms with Crippen molar-refractivity contribution in [1.29, 1.82) is 0 Å². The zero-order chi connectivity index (χ0) is 12.7. The molecule has 2 N–H and O–H groups in total. The highest BCUT2D eigenvalue weighted by molar-refractivity contribution is 5.97. The van der Waals surface area contributed by atoms with E-state index in [1.807, 2.05) is 13.8 Å². The van der Waals surface area contributed by atoms with Gasteiger partial charge in [0.05, 0.1) is 18.9 Å². The lowest BCUT2D eigenvalue weighted by atomic mass is 10.2. The van der Waals surface area contributed by atoms with E-state index in [1.165, 1.54) is 6.20 Å². The van der Waals surface area contributed by atoms with E-state index in [9.17, 15) is 4.79 Å². The van der Waals surface area contributed by atoms with Crippen molar-refractivity contribution in [3.8, 4) is 5.75 Å². The minimum atomic E-state index is -0.125. The number of ketones is 1. The van der Waals surface area contributed by atoms with E-state index in [2.05, 4.69) is 4.98 Å². The number of nitrogens with zero attached hydrogens (tertiary/aromatic N) is 1. The summed E-state index contributed by atoms with van der Waals surface area (Å²) in [6.07, 6.45) is 3.13. The number of hydrogen-bond donors (Lipinski definition) is 1. The Morgan fingerprint density at radius 1 is 1.47 bits per heavy atom. The number of pyridine rings is 1. The van der Waals surface area contributed by atoms with Gasteiger partial charge in [-0.05, 0) is 19.9 Å². The average molecular weight is 238 g/mol. The van der Waals surface area contributed by atoms with Crippen LogP contribution in [0.4, 0.5) is 0 Å². The van der Waals surface area contributed by atoms with Gasteiger partial charge in [0.2, 0.25) is 0 Å². The van der Waals surface area contributed by atoms with Gasteiger partial charge in [-0.3, -0.25) is 9.78 Å². The van der Waals surface area contributed by atoms with Crippen molar-refractivity contribution in [2.75, 3.05) is 19.8 Å². The van der Waals surface area contributed by atoms with Crippen LogP contribution in [0.25, 0.3) is 0 Å². The minimum absolute atomic E-state index is 0.0179. The molecule has 1 aromatic rings. The summed E-state index contributed by atoms with van der Waals surface area (Å²) in [6, 6.07) is 1.67. The SMILES string of the molecule is CC(C)Oc1cncc(C(=O)COCCN)c1. The standard InChI is InChI=1S/C12H18N2O3/c1-9(2)17-11-5-10(6-14-7-11)12(15)8-16-4-3-13/h5-7,9H,3-4,8,13H2,1-2H3. The summed E-state index contributed by atoms with van der Waals surface area (Å²) in [4.78, 5) is 15.7. The van der Waals surface area contributed by atoms with Crippen LogP contribution in [0.15, 0.2) is 18.5 Å². The van der Waals surface area contributed by atoms with Crippen molar-refractivity contribution >= 4 is 5.78 Å². The summed E-state index contributed by atoms with van der Waals surface area (Å²) < 4.78 is 10.5. The Balaban J connectivity index is 2.60. The molecular weight excluding hydrogens is 220 g/mol. The maximum absolute atomic E-state index is 11.7. The third-order valence-electron chi connectivity index (χ3n) is 1.90. The van der Waals surface area contributed by atoms with Crippen LogP contribution < -0.4 is 10.5 Å². The quantitative estimate of drug-likeness (QED) is 0.567. The second-order valence-corrected chi connectivity index (χ2v) is 3.84. The highest BCUT2D eigenvalue weighted by atomic mass is 16.5. The Morgan fingerprint density at radius 2 is 2.24 bits per heavy atom. The second-order valence-electron chi connectivity index (χ2n) is 3.84. The number of carbonyl (C=O) groups excluding carboxylic acids is 1. The molecule has 0 aliphatic carbocycles. The Hall–Kier alpha value is -1.46. The van der Waals surface area contributed by atoms with Crippen molar-refractivity contribution in [3.63, 3.8) is 0 Å². The molecule has 0 unspecified atom stereocenters. The molecule has 1 aromatic heterocycles. The van der Waals surface area contributed by atoms with E-state index in [4.69, 9.17) is 15.2 Å². The van der Waals surface area contributed by atoms with Gasteiger partial charge < -0.3 is 15.2 Å². The highest BCUT2D eigenvalue weighted by Crippen LogP contribution is 2.13. The molecule has 1 rings (SSSR count). The lowest BCUT2D eigenvalue weighted by Gasteiger charge is -2.09. The molecule has 0 aliphatic rings. The third-order valence-corrected chi connectivity index (χ3v) is 1.90. The van der Waals surface area contributed by atoms with Gasteiger partial charge in [0.15, 0.2) is 5.78 Å². The zero-order valence-electron chi connectivity index (χ0n) is 10.2. The molecule has 5 nitrogen and oxygen atoms in total. The maximum Gasteiger partial charge on any atom is 0.190 e. The lowest BCUT2D eigenvalue weighted by Crippen LogP contribution is -2.15. The first-order chi connectivity index (χ1) is 8.13. The predicted octanol–water partition coefficient (Wildman–Crippen LogP) is 1.03. The van der Waals surface area contributed by atoms with Gasteiger partial charge in [0.1, 0.15) is 12.4 Å². The molecule has 0 atom stereocenters. The first-order valence-electron chi connectivity index (χ1n) is 5.56. The van der Waals surface area contributed by atoms with Crippen LogP contribution in [0.2, 0.25) is 0 Å². The van der Waals surface area contributed by atoms with Crippen LogP contribution in [-0.2, 0) is 4.74 Å². The molecule has 17 heavy (non-hydrogen) atoms. The number of hydrogen-bond acceptors (Lipinski definition) is 5. The number of carbonyl (C=O) groups is 1. The first kappa shape index (κ1) is 13.6. The molecule has 0 amide bonds. The van der Waals surface area contributed by atoms with E-state index >= 15 is 0 Å². The van der Waals surface area contributed by atoms with E-state index in [-0.39, 0.29) is 18.5 Å². The molecule has 0 fully saturated rings. The topological polar surface area (TPSA) is 74.4 Å². The molecular formula is C12H18N2O3. The number of rotatable bonds is 7. The first-order valence-corrected chi connectivity index (χ1v) is 5.56. The predicted molar refractivity (Wildman–Crippen MR) is 64.2 cm³/mol. The van der Waals surface area contributed by atoms with Gasteiger partial charge in [-0.25, -0.2) is 0 Å². The molecule has 0 bridgehead atoms. The van der Waals surface area contributed by atoms with Crippen LogP contribution in [0.3, 0.4) is 0 Å². The summed E-state index contributed by atoms with van der Waals surface area (Å²) in [5.41, 5.74) is 5.75. The van der Waals surface area contributed by atoms with E-state index < -0.39 is 0 Å². The van der Waals surface area contributed by atoms with Crippen LogP contribution in [0.5, 0.6) is 5.75 Å². The van der Waals surface area contributed by atoms with Gasteiger partial charge in [-0.15, -0.1) is 0 Å². The van der Waals surface area contributed by atoms with Gasteiger partial charge in [-0.1, -0.05) is 0 Å². The summed E-state index contributed by atoms with van der Waals surface area (Å²) in [5, 5.41) is 0. The van der Waals surface area contributed by atoms with E-state index in [1.54, 1.807) is 12.3 Å². The van der Waals surface area contributed by atoms with E-state index in [0.717, 1.165) is 0 Å². The Bertz CT molecular complexity index is 367. The number of Topliss-reactive ketones (excluding diaryl/α,β-unsaturated/α-hetero) is 1. The minimum Gasteiger partial charge on any atom is -0.489 e. The summed E-state index contributed by atoms with van der Waals surface area (Å²) in [5.74, 6) is 0.463. The molecule has 0 aliphatic heterocycles. The van der Waals surface area contributed by atoms with Gasteiger partial charge in [-0.2, -0.15) is 0 Å². The summed E-state index contributed by atoms with van der Waals surface area (Å²) in [7, 11) is 0. The van der Waals surface area contributed by atoms with Gasteiger partial charge >= 0.3 is 0 Å². The Labute approximate surface area is 101 Å². The molecule has 0 radical (unpaired) electrons. The van der Waals surface area contributed by atoms with Crippen LogP contribution >= 0.6 is 0 Å². The fraction of sp³-hybridized carbons (Fsp3) is 0.500. The monoisotopic (exact) mass is 238 g/mol. The third kappa shape index (κ3) is 4.93. The van der Waals surface area contributed by atoms with Gasteiger partial charge in [0.25, 0.3) is 0 Å². The summed E-state index contributed by atoms with van der Waals surface area (Å²) >= 11 is 0. The molecule has 0 saturated heterocycles. The normalized spacial score (nSPS) is 10.6. The number of ether oxygens (including phenoxy) is 2. The van der Waals surface area contributed by atoms with Crippen molar-refractivity contribution in [1.82, 2.24) is 4.98 Å². The zero-order valence-corrected chi connectivity index (χ0v) is 10.2. The molecule has 94 valence electrons. The van der Waals surface area contributed by atoms with E-state index in [0.29, 0.717) is 24.5 Å². The molecule has 5 heteroatoms. The Morgan fingerprint density at radius 3 is 2.88 bits per heavy atom. The average Bonchev–Trinajstić information content (AvgIpc) is 2.28. The van der Waals surface area contributed by atoms with Crippen molar-refractivity contribution in [2.45, 2.75) is 20.0 Å². The van der Waals surface area contributed by atoms with Crippen molar-refractivity contribution in [3.05, 3.63) is 24.0 Å². The maximum atomic E-state index is 11.7. The van der Waals surface area contributed by atoms with Crippen LogP contribution in [0, 0.1) is 0 Å². The smallest absolute Gasteiger partial charge is 0.190 e. The van der Waals surface area contributed by atoms with Crippen LogP contribution in [0.1, 0.15) is 24.2 Å². The number of nitrogens with two attached hydrogens (primary N) is 1. The fourth-order valence-corrected chi connectivity index (χ4v) is 1.24. The Kier molecular flexibility index (Phi) is 5.59. The molecule has 0 spiro atoms. The fourth-order valence-electron chi connectivity index (χ4n) is 1.24. The largest absolute Gasteiger partial charge is 0.489 e. The van der Waals surface area contributed by atoms with Crippen LogP contribution in [-0.4, -0.2) is 36.6 Å². The van der Waals surface area contributed by atoms with Crippen molar-refractivity contribution in [2.24, 2.45) is 5.73 Å². The molecule has 0 saturated carbocycles. The highest BCUT2D eigenvalue weighted by Gasteiger charge is 2.08. The molecule has 0 aromatic carbocycles. The number of aromatic nitrogens is 1. The van der Waals surface area contributed by atoms with Crippen molar-refractivity contribution < 1.29 is 14.3 Å². The van der Waals surface area contributed by atoms with Gasteiger partial charge in [0, 0.05) is 18.3 Å². The second kappa shape index (κ2) is 6.98.